The van der Waals surface area contributed by atoms with E-state index in [0.717, 1.165) is 11.3 Å². The third kappa shape index (κ3) is 4.18. The molecule has 0 unspecified atom stereocenters. The zero-order valence-electron chi connectivity index (χ0n) is 15.9. The van der Waals surface area contributed by atoms with Crippen molar-refractivity contribution in [2.45, 2.75) is 31.1 Å². The van der Waals surface area contributed by atoms with E-state index in [1.807, 2.05) is 6.07 Å². The second-order valence-electron chi connectivity index (χ2n) is 7.19. The van der Waals surface area contributed by atoms with Gasteiger partial charge in [0.25, 0.3) is 0 Å². The predicted octanol–water partition coefficient (Wildman–Crippen LogP) is 3.36. The molecule has 4 rings (SSSR count). The number of nitrogens with one attached hydrogen (secondary N) is 1. The molecule has 0 saturated heterocycles. The molecule has 0 spiro atoms. The molecule has 2 aromatic heterocycles. The highest BCUT2D eigenvalue weighted by atomic mass is 32.1. The number of benzene rings is 1. The first kappa shape index (κ1) is 20.0. The van der Waals surface area contributed by atoms with Crippen LogP contribution in [0.15, 0.2) is 30.5 Å². The molecular formula is C19H17F2N7OS. The van der Waals surface area contributed by atoms with E-state index in [1.165, 1.54) is 11.0 Å². The molecule has 0 aliphatic heterocycles. The number of rotatable bonds is 5. The summed E-state index contributed by atoms with van der Waals surface area (Å²) in [4.78, 5) is 18.8. The molecule has 2 atom stereocenters. The van der Waals surface area contributed by atoms with Crippen molar-refractivity contribution >= 4 is 22.4 Å². The Morgan fingerprint density at radius 1 is 1.40 bits per heavy atom. The lowest BCUT2D eigenvalue weighted by Crippen LogP contribution is -2.27. The molecule has 2 heterocycles. The van der Waals surface area contributed by atoms with E-state index in [9.17, 15) is 13.6 Å². The van der Waals surface area contributed by atoms with Gasteiger partial charge in [-0.05, 0) is 23.1 Å². The molecule has 30 heavy (non-hydrogen) atoms. The van der Waals surface area contributed by atoms with Crippen molar-refractivity contribution < 1.29 is 13.6 Å². The van der Waals surface area contributed by atoms with Crippen molar-refractivity contribution in [3.05, 3.63) is 40.9 Å². The summed E-state index contributed by atoms with van der Waals surface area (Å²) in [6.07, 6.45) is 1.03. The molecule has 0 bridgehead atoms. The largest absolute Gasteiger partial charge is 0.301 e. The van der Waals surface area contributed by atoms with E-state index >= 15 is 0 Å². The average Bonchev–Trinajstić information content (AvgIpc) is 3.43. The van der Waals surface area contributed by atoms with Gasteiger partial charge in [0.1, 0.15) is 10.9 Å². The van der Waals surface area contributed by atoms with Crippen molar-refractivity contribution in [2.75, 3.05) is 5.32 Å². The maximum Gasteiger partial charge on any atom is 0.248 e. The monoisotopic (exact) mass is 429 g/mol. The highest BCUT2D eigenvalue weighted by Gasteiger charge is 2.45. The number of alkyl halides is 2. The van der Waals surface area contributed by atoms with Gasteiger partial charge in [0.05, 0.1) is 19.2 Å². The van der Waals surface area contributed by atoms with Crippen LogP contribution in [0.3, 0.4) is 0 Å². The Bertz CT molecular complexity index is 1100. The number of carbonyl (C=O) groups excluding carboxylic acids is 1. The Hall–Kier alpha value is -3.26. The number of aromatic nitrogens is 5. The summed E-state index contributed by atoms with van der Waals surface area (Å²) in [6, 6.07) is 8.91. The Labute approximate surface area is 174 Å². The molecule has 11 heteroatoms. The summed E-state index contributed by atoms with van der Waals surface area (Å²) < 4.78 is 27.8. The van der Waals surface area contributed by atoms with Crippen LogP contribution in [-0.4, -0.2) is 37.0 Å². The second kappa shape index (κ2) is 7.87. The average molecular weight is 429 g/mol. The molecule has 1 saturated carbocycles. The fourth-order valence-corrected chi connectivity index (χ4v) is 4.33. The number of tetrazole rings is 1. The first-order valence-electron chi connectivity index (χ1n) is 9.23. The molecule has 0 radical (unpaired) electrons. The SMILES string of the molecule is Cn1nnc(-c2ccc([C@@H](C(=O)Nc3ncc(C#N)s3)[C@H]3CCC(F)(F)C3)cc2)n1. The van der Waals surface area contributed by atoms with Gasteiger partial charge in [0.15, 0.2) is 5.13 Å². The smallest absolute Gasteiger partial charge is 0.248 e. The number of nitriles is 1. The minimum absolute atomic E-state index is 0.237. The Morgan fingerprint density at radius 2 is 2.17 bits per heavy atom. The summed E-state index contributed by atoms with van der Waals surface area (Å²) in [5.74, 6) is -4.03. The van der Waals surface area contributed by atoms with Gasteiger partial charge in [0.2, 0.25) is 17.7 Å². The van der Waals surface area contributed by atoms with E-state index in [1.54, 1.807) is 31.3 Å². The van der Waals surface area contributed by atoms with Gasteiger partial charge >= 0.3 is 0 Å². The fraction of sp³-hybridized carbons (Fsp3) is 0.368. The van der Waals surface area contributed by atoms with Crippen LogP contribution < -0.4 is 5.32 Å². The van der Waals surface area contributed by atoms with Crippen LogP contribution in [0.2, 0.25) is 0 Å². The van der Waals surface area contributed by atoms with Crippen LogP contribution in [0.5, 0.6) is 0 Å². The summed E-state index contributed by atoms with van der Waals surface area (Å²) in [7, 11) is 1.65. The minimum atomic E-state index is -2.78. The van der Waals surface area contributed by atoms with Crippen LogP contribution in [0, 0.1) is 17.2 Å². The van der Waals surface area contributed by atoms with E-state index < -0.39 is 23.7 Å². The van der Waals surface area contributed by atoms with Crippen molar-refractivity contribution in [3.8, 4) is 17.5 Å². The zero-order valence-corrected chi connectivity index (χ0v) is 16.7. The normalized spacial score (nSPS) is 18.7. The van der Waals surface area contributed by atoms with Gasteiger partial charge < -0.3 is 5.32 Å². The molecule has 1 aliphatic carbocycles. The van der Waals surface area contributed by atoms with E-state index in [2.05, 4.69) is 25.7 Å². The molecule has 3 aromatic rings. The molecular weight excluding hydrogens is 412 g/mol. The number of anilines is 1. The standard InChI is InChI=1S/C19H17F2N7OS/c1-28-26-16(25-27-28)12-4-2-11(3-5-12)15(13-6-7-19(20,21)8-13)17(29)24-18-23-10-14(9-22)30-18/h2-5,10,13,15H,6-8H2,1H3,(H,23,24,29)/t13-,15+/m0/s1. The number of thiazole rings is 1. The maximum atomic E-state index is 13.9. The number of halogens is 2. The van der Waals surface area contributed by atoms with Crippen LogP contribution in [0.1, 0.15) is 35.6 Å². The lowest BCUT2D eigenvalue weighted by molar-refractivity contribution is -0.118. The van der Waals surface area contributed by atoms with Gasteiger partial charge in [-0.1, -0.05) is 35.6 Å². The number of hydrogen-bond acceptors (Lipinski definition) is 7. The zero-order chi connectivity index (χ0) is 21.3. The summed E-state index contributed by atoms with van der Waals surface area (Å²) >= 11 is 1.04. The number of amides is 1. The van der Waals surface area contributed by atoms with Crippen LogP contribution in [0.4, 0.5) is 13.9 Å². The maximum absolute atomic E-state index is 13.9. The molecule has 1 N–H and O–H groups in total. The third-order valence-corrected chi connectivity index (χ3v) is 5.90. The summed E-state index contributed by atoms with van der Waals surface area (Å²) in [5.41, 5.74) is 1.33. The first-order chi connectivity index (χ1) is 14.3. The summed E-state index contributed by atoms with van der Waals surface area (Å²) in [6.45, 7) is 0. The Morgan fingerprint density at radius 3 is 2.73 bits per heavy atom. The minimum Gasteiger partial charge on any atom is -0.301 e. The number of hydrogen-bond donors (Lipinski definition) is 1. The van der Waals surface area contributed by atoms with Crippen LogP contribution >= 0.6 is 11.3 Å². The van der Waals surface area contributed by atoms with Crippen molar-refractivity contribution in [3.63, 3.8) is 0 Å². The Kier molecular flexibility index (Phi) is 5.26. The third-order valence-electron chi connectivity index (χ3n) is 5.08. The molecule has 8 nitrogen and oxygen atoms in total. The second-order valence-corrected chi connectivity index (χ2v) is 8.22. The molecule has 1 aromatic carbocycles. The predicted molar refractivity (Wildman–Crippen MR) is 105 cm³/mol. The van der Waals surface area contributed by atoms with Crippen molar-refractivity contribution in [2.24, 2.45) is 13.0 Å². The Balaban J connectivity index is 1.61. The van der Waals surface area contributed by atoms with Gasteiger partial charge in [0, 0.05) is 18.4 Å². The first-order valence-corrected chi connectivity index (χ1v) is 10.1. The van der Waals surface area contributed by atoms with E-state index in [4.69, 9.17) is 5.26 Å². The lowest BCUT2D eigenvalue weighted by Gasteiger charge is -2.23. The van der Waals surface area contributed by atoms with E-state index in [-0.39, 0.29) is 24.4 Å². The highest BCUT2D eigenvalue weighted by molar-refractivity contribution is 7.16. The highest BCUT2D eigenvalue weighted by Crippen LogP contribution is 2.46. The van der Waals surface area contributed by atoms with Gasteiger partial charge in [-0.15, -0.1) is 10.2 Å². The molecule has 1 amide bonds. The molecule has 1 fully saturated rings. The number of nitrogens with zero attached hydrogens (tertiary/aromatic N) is 6. The molecule has 154 valence electrons. The summed E-state index contributed by atoms with van der Waals surface area (Å²) in [5, 5.41) is 23.8. The fourth-order valence-electron chi connectivity index (χ4n) is 3.71. The molecule has 1 aliphatic rings. The van der Waals surface area contributed by atoms with Crippen LogP contribution in [-0.2, 0) is 11.8 Å². The quantitative estimate of drug-likeness (QED) is 0.666. The van der Waals surface area contributed by atoms with Gasteiger partial charge in [-0.25, -0.2) is 13.8 Å². The topological polar surface area (TPSA) is 109 Å². The van der Waals surface area contributed by atoms with Gasteiger partial charge in [-0.2, -0.15) is 10.1 Å². The number of carbonyl (C=O) groups is 1. The van der Waals surface area contributed by atoms with Crippen LogP contribution in [0.25, 0.3) is 11.4 Å². The van der Waals surface area contributed by atoms with Crippen molar-refractivity contribution in [1.82, 2.24) is 25.2 Å². The van der Waals surface area contributed by atoms with E-state index in [0.29, 0.717) is 21.8 Å². The van der Waals surface area contributed by atoms with Crippen molar-refractivity contribution in [1.29, 1.82) is 5.26 Å². The van der Waals surface area contributed by atoms with Gasteiger partial charge in [-0.3, -0.25) is 4.79 Å². The number of aryl methyl sites for hydroxylation is 1. The lowest BCUT2D eigenvalue weighted by atomic mass is 9.83.